The summed E-state index contributed by atoms with van der Waals surface area (Å²) in [6.45, 7) is -1.26. The van der Waals surface area contributed by atoms with Gasteiger partial charge in [0.05, 0.1) is 12.6 Å². The summed E-state index contributed by atoms with van der Waals surface area (Å²) in [6, 6.07) is 7.72. The van der Waals surface area contributed by atoms with E-state index in [0.717, 1.165) is 16.0 Å². The Bertz CT molecular complexity index is 1530. The number of hydrogen-bond acceptors (Lipinski definition) is 9. The number of ether oxygens (including phenoxy) is 2. The van der Waals surface area contributed by atoms with Crippen LogP contribution in [0.2, 0.25) is 0 Å². The molecule has 38 heavy (non-hydrogen) atoms. The van der Waals surface area contributed by atoms with Crippen molar-refractivity contribution in [3.63, 3.8) is 0 Å². The van der Waals surface area contributed by atoms with Crippen LogP contribution in [0.4, 0.5) is 14.5 Å². The van der Waals surface area contributed by atoms with E-state index in [-0.39, 0.29) is 39.4 Å². The maximum Gasteiger partial charge on any atom is 0.349 e. The normalized spacial score (nSPS) is 11.7. The Balaban J connectivity index is 1.86. The third kappa shape index (κ3) is 5.31. The van der Waals surface area contributed by atoms with E-state index in [1.807, 2.05) is 0 Å². The van der Waals surface area contributed by atoms with Crippen LogP contribution in [0.25, 0.3) is 5.82 Å². The fourth-order valence-corrected chi connectivity index (χ4v) is 4.14. The van der Waals surface area contributed by atoms with Crippen molar-refractivity contribution in [2.75, 3.05) is 25.7 Å². The van der Waals surface area contributed by atoms with E-state index in [4.69, 9.17) is 20.6 Å². The number of methoxy groups -OCH3 is 1. The van der Waals surface area contributed by atoms with Gasteiger partial charge in [-0.2, -0.15) is 4.68 Å². The lowest BCUT2D eigenvalue weighted by Gasteiger charge is -2.21. The molecule has 0 aliphatic carbocycles. The molecule has 0 aliphatic heterocycles. The molecule has 4 rings (SSSR count). The van der Waals surface area contributed by atoms with Crippen molar-refractivity contribution in [2.24, 2.45) is 5.73 Å². The number of H-pyrrole nitrogens is 1. The van der Waals surface area contributed by atoms with Gasteiger partial charge >= 0.3 is 11.7 Å². The third-order valence-corrected chi connectivity index (χ3v) is 6.08. The number of hydrogen-bond donors (Lipinski definition) is 5. The summed E-state index contributed by atoms with van der Waals surface area (Å²) in [5.41, 5.74) is 6.76. The van der Waals surface area contributed by atoms with Gasteiger partial charge in [0.15, 0.2) is 28.1 Å². The molecule has 0 amide bonds. The largest absolute Gasteiger partial charge is 0.497 e. The van der Waals surface area contributed by atoms with Crippen molar-refractivity contribution in [3.05, 3.63) is 80.0 Å². The molecular weight excluding hydrogens is 524 g/mol. The number of nitrogen functional groups attached to an aromatic ring is 1. The second kappa shape index (κ2) is 11.1. The second-order valence-electron chi connectivity index (χ2n) is 7.67. The third-order valence-electron chi connectivity index (χ3n) is 5.28. The van der Waals surface area contributed by atoms with Crippen LogP contribution >= 0.6 is 11.3 Å². The molecule has 198 valence electrons. The molecule has 15 heteroatoms. The Hall–Kier alpha value is -4.79. The van der Waals surface area contributed by atoms with Gasteiger partial charge in [0.1, 0.15) is 30.9 Å². The predicted molar refractivity (Wildman–Crippen MR) is 134 cm³/mol. The number of nitrogens with two attached hydrogens (primary N) is 1. The number of aromatic amines is 1. The number of aromatic nitrogens is 4. The molecule has 6 N–H and O–H groups in total. The van der Waals surface area contributed by atoms with Gasteiger partial charge in [-0.05, 0) is 30.3 Å². The number of rotatable bonds is 11. The van der Waals surface area contributed by atoms with Gasteiger partial charge in [0.2, 0.25) is 0 Å². The van der Waals surface area contributed by atoms with Crippen LogP contribution in [-0.2, 0) is 0 Å². The Kier molecular flexibility index (Phi) is 7.66. The number of amidine groups is 1. The van der Waals surface area contributed by atoms with Crippen molar-refractivity contribution < 1.29 is 28.2 Å². The number of carboxylic acid groups (broad SMARTS) is 1. The number of benzene rings is 2. The maximum atomic E-state index is 15.7. The fourth-order valence-electron chi connectivity index (χ4n) is 3.53. The summed E-state index contributed by atoms with van der Waals surface area (Å²) < 4.78 is 39.7. The molecule has 2 aromatic heterocycles. The molecule has 0 saturated carbocycles. The number of halogens is 2. The van der Waals surface area contributed by atoms with Crippen LogP contribution < -0.4 is 26.2 Å². The van der Waals surface area contributed by atoms with E-state index >= 15 is 4.39 Å². The minimum absolute atomic E-state index is 0.0773. The van der Waals surface area contributed by atoms with Gasteiger partial charge in [-0.25, -0.2) is 23.4 Å². The molecule has 2 aromatic carbocycles. The molecule has 0 radical (unpaired) electrons. The Morgan fingerprint density at radius 1 is 1.34 bits per heavy atom. The van der Waals surface area contributed by atoms with Gasteiger partial charge in [-0.3, -0.25) is 10.4 Å². The Labute approximate surface area is 217 Å². The van der Waals surface area contributed by atoms with E-state index in [0.29, 0.717) is 11.3 Å². The average Bonchev–Trinajstić information content (AvgIpc) is 3.54. The first-order valence-corrected chi connectivity index (χ1v) is 11.7. The van der Waals surface area contributed by atoms with Crippen molar-refractivity contribution in [1.29, 1.82) is 5.41 Å². The summed E-state index contributed by atoms with van der Waals surface area (Å²) >= 11 is 0.807. The van der Waals surface area contributed by atoms with Gasteiger partial charge in [0, 0.05) is 22.9 Å². The summed E-state index contributed by atoms with van der Waals surface area (Å²) in [5.74, 6) is -2.73. The average molecular weight is 546 g/mol. The molecule has 12 nitrogen and oxygen atoms in total. The zero-order chi connectivity index (χ0) is 27.4. The highest BCUT2D eigenvalue weighted by molar-refractivity contribution is 7.12. The van der Waals surface area contributed by atoms with Crippen molar-refractivity contribution >= 4 is 28.8 Å². The minimum atomic E-state index is -1.30. The fraction of sp³-hybridized carbons (Fsp3) is 0.174. The minimum Gasteiger partial charge on any atom is -0.497 e. The van der Waals surface area contributed by atoms with E-state index in [1.54, 1.807) is 24.3 Å². The molecule has 4 aromatic rings. The number of anilines is 1. The van der Waals surface area contributed by atoms with Gasteiger partial charge in [-0.1, -0.05) is 0 Å². The van der Waals surface area contributed by atoms with E-state index in [2.05, 4.69) is 20.4 Å². The smallest absolute Gasteiger partial charge is 0.349 e. The monoisotopic (exact) mass is 545 g/mol. The SMILES string of the molecule is COc1cc(OCCF)c(F)c(C(Nc2ccc(C(=N)N)cc2)c2nn(-c3ncsc3C(=O)O)c(=O)[nH]2)c1. The molecule has 2 heterocycles. The number of nitrogens with one attached hydrogen (secondary N) is 3. The number of alkyl halides is 1. The lowest BCUT2D eigenvalue weighted by atomic mass is 10.0. The number of thiazole rings is 1. The molecular formula is C23H21F2N7O5S. The molecule has 0 saturated heterocycles. The molecule has 1 unspecified atom stereocenters. The lowest BCUT2D eigenvalue weighted by Crippen LogP contribution is -2.18. The summed E-state index contributed by atoms with van der Waals surface area (Å²) in [4.78, 5) is 30.6. The first kappa shape index (κ1) is 26.3. The summed E-state index contributed by atoms with van der Waals surface area (Å²) in [6.07, 6.45) is 0. The van der Waals surface area contributed by atoms with Gasteiger partial charge in [-0.15, -0.1) is 16.4 Å². The van der Waals surface area contributed by atoms with E-state index < -0.39 is 36.8 Å². The Morgan fingerprint density at radius 2 is 2.08 bits per heavy atom. The van der Waals surface area contributed by atoms with Crippen LogP contribution in [0.1, 0.15) is 32.7 Å². The van der Waals surface area contributed by atoms with Crippen LogP contribution in [0.15, 0.2) is 46.7 Å². The van der Waals surface area contributed by atoms with Gasteiger partial charge in [0.25, 0.3) is 0 Å². The highest BCUT2D eigenvalue weighted by atomic mass is 32.1. The van der Waals surface area contributed by atoms with Crippen LogP contribution in [-0.4, -0.2) is 57.1 Å². The Morgan fingerprint density at radius 3 is 2.71 bits per heavy atom. The predicted octanol–water partition coefficient (Wildman–Crippen LogP) is 2.70. The first-order chi connectivity index (χ1) is 18.2. The van der Waals surface area contributed by atoms with Crippen LogP contribution in [0.3, 0.4) is 0 Å². The van der Waals surface area contributed by atoms with Crippen molar-refractivity contribution in [3.8, 4) is 17.3 Å². The second-order valence-corrected chi connectivity index (χ2v) is 8.53. The number of carbonyl (C=O) groups is 1. The zero-order valence-corrected chi connectivity index (χ0v) is 20.5. The molecule has 0 bridgehead atoms. The standard InChI is InChI=1S/C23H21F2N7O5S/c1-36-13-8-14(16(25)15(9-13)37-7-6-24)17(29-12-4-2-11(3-5-12)19(26)27)20-30-23(35)32(31-20)21-18(22(33)34)38-10-28-21/h2-5,8-10,17,29H,6-7H2,1H3,(H3,26,27)(H,33,34)(H,30,31,35). The van der Waals surface area contributed by atoms with Crippen molar-refractivity contribution in [1.82, 2.24) is 19.7 Å². The summed E-state index contributed by atoms with van der Waals surface area (Å²) in [5, 5.41) is 24.3. The quantitative estimate of drug-likeness (QED) is 0.140. The first-order valence-electron chi connectivity index (χ1n) is 10.9. The van der Waals surface area contributed by atoms with E-state index in [1.165, 1.54) is 24.8 Å². The summed E-state index contributed by atoms with van der Waals surface area (Å²) in [7, 11) is 1.35. The topological polar surface area (TPSA) is 181 Å². The number of nitrogens with zero attached hydrogens (tertiary/aromatic N) is 3. The molecule has 0 spiro atoms. The zero-order valence-electron chi connectivity index (χ0n) is 19.7. The van der Waals surface area contributed by atoms with Gasteiger partial charge < -0.3 is 25.6 Å². The highest BCUT2D eigenvalue weighted by Crippen LogP contribution is 2.35. The number of aromatic carboxylic acids is 1. The number of carboxylic acids is 1. The molecule has 0 aliphatic rings. The lowest BCUT2D eigenvalue weighted by molar-refractivity contribution is 0.0701. The van der Waals surface area contributed by atoms with Crippen molar-refractivity contribution in [2.45, 2.75) is 6.04 Å². The molecule has 0 fully saturated rings. The molecule has 1 atom stereocenters. The highest BCUT2D eigenvalue weighted by Gasteiger charge is 2.28. The van der Waals surface area contributed by atoms with Crippen LogP contribution in [0, 0.1) is 11.2 Å². The van der Waals surface area contributed by atoms with E-state index in [9.17, 15) is 19.1 Å². The maximum absolute atomic E-state index is 15.7. The van der Waals surface area contributed by atoms with Crippen LogP contribution in [0.5, 0.6) is 11.5 Å².